The highest BCUT2D eigenvalue weighted by atomic mass is 19.4. The Morgan fingerprint density at radius 3 is 2.56 bits per heavy atom. The van der Waals surface area contributed by atoms with Crippen molar-refractivity contribution >= 4 is 16.9 Å². The van der Waals surface area contributed by atoms with Crippen molar-refractivity contribution in [1.82, 2.24) is 20.1 Å². The lowest BCUT2D eigenvalue weighted by atomic mass is 10.1. The van der Waals surface area contributed by atoms with Gasteiger partial charge in [-0.2, -0.15) is 13.2 Å². The van der Waals surface area contributed by atoms with E-state index in [0.29, 0.717) is 23.3 Å². The van der Waals surface area contributed by atoms with Gasteiger partial charge in [-0.15, -0.1) is 0 Å². The van der Waals surface area contributed by atoms with E-state index < -0.39 is 23.2 Å². The minimum absolute atomic E-state index is 0.204. The number of aromatic nitrogens is 3. The number of pyridine rings is 1. The van der Waals surface area contributed by atoms with E-state index in [1.807, 2.05) is 0 Å². The van der Waals surface area contributed by atoms with E-state index in [9.17, 15) is 22.8 Å². The lowest BCUT2D eigenvalue weighted by Gasteiger charge is -2.09. The predicted molar refractivity (Wildman–Crippen MR) is 93.6 cm³/mol. The van der Waals surface area contributed by atoms with E-state index in [1.165, 1.54) is 22.9 Å². The number of nitrogens with zero attached hydrogens (tertiary/aromatic N) is 2. The molecule has 142 valence electrons. The number of aryl methyl sites for hydroxylation is 2. The summed E-state index contributed by atoms with van der Waals surface area (Å²) in [5, 5.41) is 5.47. The van der Waals surface area contributed by atoms with E-state index in [4.69, 9.17) is 0 Å². The lowest BCUT2D eigenvalue weighted by molar-refractivity contribution is -0.137. The van der Waals surface area contributed by atoms with Gasteiger partial charge in [0.25, 0.3) is 11.5 Å². The van der Waals surface area contributed by atoms with Gasteiger partial charge in [-0.3, -0.25) is 19.4 Å². The molecule has 0 fully saturated rings. The van der Waals surface area contributed by atoms with Crippen LogP contribution in [-0.2, 0) is 19.6 Å². The number of H-pyrrole nitrogens is 1. The van der Waals surface area contributed by atoms with E-state index in [2.05, 4.69) is 15.4 Å². The van der Waals surface area contributed by atoms with Gasteiger partial charge >= 0.3 is 6.18 Å². The van der Waals surface area contributed by atoms with E-state index in [0.717, 1.165) is 12.1 Å². The maximum absolute atomic E-state index is 12.6. The summed E-state index contributed by atoms with van der Waals surface area (Å²) in [7, 11) is 1.63. The summed E-state index contributed by atoms with van der Waals surface area (Å²) < 4.78 is 39.2. The van der Waals surface area contributed by atoms with Gasteiger partial charge in [0.1, 0.15) is 0 Å². The highest BCUT2D eigenvalue weighted by Gasteiger charge is 2.29. The molecule has 1 aromatic carbocycles. The number of hydrogen-bond donors (Lipinski definition) is 2. The average Bonchev–Trinajstić information content (AvgIpc) is 2.88. The number of fused-ring (bicyclic) bond motifs is 1. The number of amides is 1. The monoisotopic (exact) mass is 378 g/mol. The normalized spacial score (nSPS) is 11.7. The molecule has 0 bridgehead atoms. The minimum atomic E-state index is -4.37. The molecule has 0 spiro atoms. The van der Waals surface area contributed by atoms with Crippen molar-refractivity contribution in [3.63, 3.8) is 0 Å². The zero-order valence-electron chi connectivity index (χ0n) is 14.6. The largest absolute Gasteiger partial charge is 0.416 e. The van der Waals surface area contributed by atoms with Crippen LogP contribution < -0.4 is 10.9 Å². The number of rotatable bonds is 4. The Bertz CT molecular complexity index is 1050. The van der Waals surface area contributed by atoms with Crippen LogP contribution in [0.5, 0.6) is 0 Å². The molecular weight excluding hydrogens is 361 g/mol. The van der Waals surface area contributed by atoms with E-state index in [1.54, 1.807) is 14.0 Å². The Morgan fingerprint density at radius 2 is 1.93 bits per heavy atom. The molecule has 3 aromatic rings. The van der Waals surface area contributed by atoms with Gasteiger partial charge in [0.05, 0.1) is 16.5 Å². The van der Waals surface area contributed by atoms with Crippen molar-refractivity contribution in [3.05, 3.63) is 63.1 Å². The molecule has 9 heteroatoms. The van der Waals surface area contributed by atoms with Gasteiger partial charge in [0, 0.05) is 19.3 Å². The number of halogens is 3. The molecule has 2 aromatic heterocycles. The Balaban J connectivity index is 1.72. The summed E-state index contributed by atoms with van der Waals surface area (Å²) in [6.45, 7) is 1.94. The smallest absolute Gasteiger partial charge is 0.352 e. The standard InChI is InChI=1S/C18H17F3N4O2/c1-10-9-13(14-15(23-10)25(2)24-17(14)27)16(26)22-8-7-11-3-5-12(6-4-11)18(19,20)21/h3-6,9H,7-8H2,1-2H3,(H,22,26)(H,24,27). The topological polar surface area (TPSA) is 79.8 Å². The summed E-state index contributed by atoms with van der Waals surface area (Å²) in [6.07, 6.45) is -4.01. The number of hydrogen-bond acceptors (Lipinski definition) is 3. The fraction of sp³-hybridized carbons (Fsp3) is 0.278. The molecule has 1 amide bonds. The van der Waals surface area contributed by atoms with Crippen LogP contribution in [0, 0.1) is 6.92 Å². The first-order valence-corrected chi connectivity index (χ1v) is 8.17. The Morgan fingerprint density at radius 1 is 1.26 bits per heavy atom. The second kappa shape index (κ2) is 6.90. The first kappa shape index (κ1) is 18.7. The second-order valence-corrected chi connectivity index (χ2v) is 6.21. The first-order valence-electron chi connectivity index (χ1n) is 8.17. The van der Waals surface area contributed by atoms with Crippen LogP contribution in [-0.4, -0.2) is 27.2 Å². The van der Waals surface area contributed by atoms with Crippen LogP contribution in [0.2, 0.25) is 0 Å². The van der Waals surface area contributed by atoms with Crippen molar-refractivity contribution in [1.29, 1.82) is 0 Å². The Labute approximate surface area is 152 Å². The lowest BCUT2D eigenvalue weighted by Crippen LogP contribution is -2.27. The fourth-order valence-corrected chi connectivity index (χ4v) is 2.84. The quantitative estimate of drug-likeness (QED) is 0.732. The minimum Gasteiger partial charge on any atom is -0.352 e. The van der Waals surface area contributed by atoms with Gasteiger partial charge in [-0.25, -0.2) is 4.98 Å². The van der Waals surface area contributed by atoms with Gasteiger partial charge in [-0.05, 0) is 37.1 Å². The summed E-state index contributed by atoms with van der Waals surface area (Å²) in [4.78, 5) is 28.8. The van der Waals surface area contributed by atoms with Gasteiger partial charge in [0.15, 0.2) is 5.65 Å². The molecule has 27 heavy (non-hydrogen) atoms. The Hall–Kier alpha value is -3.10. The highest BCUT2D eigenvalue weighted by molar-refractivity contribution is 6.05. The third-order valence-corrected chi connectivity index (χ3v) is 4.17. The van der Waals surface area contributed by atoms with Crippen molar-refractivity contribution in [3.8, 4) is 0 Å². The van der Waals surface area contributed by atoms with Crippen LogP contribution in [0.25, 0.3) is 11.0 Å². The number of nitrogens with one attached hydrogen (secondary N) is 2. The maximum Gasteiger partial charge on any atom is 0.416 e. The third kappa shape index (κ3) is 3.86. The van der Waals surface area contributed by atoms with Gasteiger partial charge < -0.3 is 5.32 Å². The molecule has 3 rings (SSSR count). The molecule has 0 atom stereocenters. The molecule has 0 unspecified atom stereocenters. The summed E-state index contributed by atoms with van der Waals surface area (Å²) in [6, 6.07) is 6.31. The summed E-state index contributed by atoms with van der Waals surface area (Å²) in [5.41, 5.74) is 0.725. The molecule has 2 N–H and O–H groups in total. The van der Waals surface area contributed by atoms with Crippen molar-refractivity contribution in [2.75, 3.05) is 6.54 Å². The third-order valence-electron chi connectivity index (χ3n) is 4.17. The van der Waals surface area contributed by atoms with Crippen molar-refractivity contribution < 1.29 is 18.0 Å². The van der Waals surface area contributed by atoms with Crippen molar-refractivity contribution in [2.45, 2.75) is 19.5 Å². The maximum atomic E-state index is 12.6. The van der Waals surface area contributed by atoms with Crippen LogP contribution in [0.15, 0.2) is 35.1 Å². The number of aromatic amines is 1. The molecule has 0 aliphatic heterocycles. The summed E-state index contributed by atoms with van der Waals surface area (Å²) >= 11 is 0. The van der Waals surface area contributed by atoms with E-state index >= 15 is 0 Å². The molecule has 0 saturated heterocycles. The number of benzene rings is 1. The average molecular weight is 378 g/mol. The number of carbonyl (C=O) groups excluding carboxylic acids is 1. The predicted octanol–water partition coefficient (Wildman–Crippen LogP) is 2.56. The molecule has 0 radical (unpaired) electrons. The van der Waals surface area contributed by atoms with Gasteiger partial charge in [0.2, 0.25) is 0 Å². The van der Waals surface area contributed by atoms with Crippen LogP contribution in [0.4, 0.5) is 13.2 Å². The molecule has 0 saturated carbocycles. The molecule has 6 nitrogen and oxygen atoms in total. The zero-order chi connectivity index (χ0) is 19.8. The van der Waals surface area contributed by atoms with Crippen LogP contribution in [0.1, 0.15) is 27.2 Å². The zero-order valence-corrected chi connectivity index (χ0v) is 14.6. The van der Waals surface area contributed by atoms with Gasteiger partial charge in [-0.1, -0.05) is 12.1 Å². The van der Waals surface area contributed by atoms with Crippen LogP contribution in [0.3, 0.4) is 0 Å². The summed E-state index contributed by atoms with van der Waals surface area (Å²) in [5.74, 6) is -0.436. The first-order chi connectivity index (χ1) is 12.7. The molecule has 0 aliphatic rings. The number of carbonyl (C=O) groups is 1. The SMILES string of the molecule is Cc1cc(C(=O)NCCc2ccc(C(F)(F)F)cc2)c2c(=O)[nH]n(C)c2n1. The number of alkyl halides is 3. The van der Waals surface area contributed by atoms with E-state index in [-0.39, 0.29) is 17.5 Å². The Kier molecular flexibility index (Phi) is 4.77. The second-order valence-electron chi connectivity index (χ2n) is 6.21. The molecule has 0 aliphatic carbocycles. The highest BCUT2D eigenvalue weighted by Crippen LogP contribution is 2.29. The van der Waals surface area contributed by atoms with Crippen molar-refractivity contribution in [2.24, 2.45) is 7.05 Å². The van der Waals surface area contributed by atoms with Crippen LogP contribution >= 0.6 is 0 Å². The molecule has 2 heterocycles. The molecular formula is C18H17F3N4O2. The fourth-order valence-electron chi connectivity index (χ4n) is 2.84.